The van der Waals surface area contributed by atoms with Crippen LogP contribution in [-0.2, 0) is 13.0 Å². The van der Waals surface area contributed by atoms with Crippen LogP contribution in [0.3, 0.4) is 0 Å². The first-order chi connectivity index (χ1) is 13.5. The predicted octanol–water partition coefficient (Wildman–Crippen LogP) is 4.34. The molecule has 0 radical (unpaired) electrons. The monoisotopic (exact) mass is 386 g/mol. The molecule has 0 fully saturated rings. The molecular weight excluding hydrogens is 369 g/mol. The van der Waals surface area contributed by atoms with Crippen molar-refractivity contribution in [1.29, 1.82) is 0 Å². The Morgan fingerprint density at radius 1 is 0.964 bits per heavy atom. The lowest BCUT2D eigenvalue weighted by Gasteiger charge is -2.11. The summed E-state index contributed by atoms with van der Waals surface area (Å²) in [7, 11) is 0. The van der Waals surface area contributed by atoms with Gasteiger partial charge in [-0.25, -0.2) is 13.2 Å². The van der Waals surface area contributed by atoms with Crippen molar-refractivity contribution in [3.05, 3.63) is 65.2 Å². The zero-order valence-electron chi connectivity index (χ0n) is 14.9. The molecule has 5 nitrogen and oxygen atoms in total. The predicted molar refractivity (Wildman–Crippen MR) is 97.3 cm³/mol. The van der Waals surface area contributed by atoms with Gasteiger partial charge < -0.3 is 9.88 Å². The maximum absolute atomic E-state index is 14.5. The van der Waals surface area contributed by atoms with E-state index in [0.29, 0.717) is 12.4 Å². The summed E-state index contributed by atoms with van der Waals surface area (Å²) in [6.45, 7) is 0.697. The molecule has 2 heterocycles. The molecule has 2 aromatic carbocycles. The highest BCUT2D eigenvalue weighted by Crippen LogP contribution is 2.28. The number of hydrogen-bond donors (Lipinski definition) is 1. The zero-order valence-corrected chi connectivity index (χ0v) is 14.9. The van der Waals surface area contributed by atoms with Gasteiger partial charge in [0.05, 0.1) is 11.1 Å². The summed E-state index contributed by atoms with van der Waals surface area (Å²) in [5, 5.41) is 10.8. The molecule has 0 atom stereocenters. The number of benzene rings is 2. The molecule has 0 aliphatic carbocycles. The van der Waals surface area contributed by atoms with Gasteiger partial charge in [0, 0.05) is 18.7 Å². The molecule has 1 aromatic heterocycles. The average Bonchev–Trinajstić information content (AvgIpc) is 2.93. The van der Waals surface area contributed by atoms with E-state index in [1.54, 1.807) is 0 Å². The van der Waals surface area contributed by atoms with Gasteiger partial charge in [-0.3, -0.25) is 4.79 Å². The van der Waals surface area contributed by atoms with Gasteiger partial charge >= 0.3 is 0 Å². The van der Waals surface area contributed by atoms with Crippen LogP contribution in [0.1, 0.15) is 35.4 Å². The number of rotatable bonds is 3. The van der Waals surface area contributed by atoms with Crippen LogP contribution in [0.25, 0.3) is 11.4 Å². The van der Waals surface area contributed by atoms with Crippen molar-refractivity contribution in [2.24, 2.45) is 0 Å². The average molecular weight is 386 g/mol. The third-order valence-electron chi connectivity index (χ3n) is 4.75. The highest BCUT2D eigenvalue weighted by atomic mass is 19.1. The van der Waals surface area contributed by atoms with Crippen molar-refractivity contribution < 1.29 is 18.0 Å². The van der Waals surface area contributed by atoms with Crippen LogP contribution in [0.5, 0.6) is 0 Å². The van der Waals surface area contributed by atoms with E-state index in [0.717, 1.165) is 49.7 Å². The van der Waals surface area contributed by atoms with Crippen LogP contribution in [0, 0.1) is 17.5 Å². The van der Waals surface area contributed by atoms with Gasteiger partial charge in [0.2, 0.25) is 0 Å². The fraction of sp³-hybridized carbons (Fsp3) is 0.250. The van der Waals surface area contributed by atoms with E-state index in [-0.39, 0.29) is 11.3 Å². The van der Waals surface area contributed by atoms with Crippen LogP contribution < -0.4 is 5.32 Å². The van der Waals surface area contributed by atoms with E-state index in [1.807, 2.05) is 4.57 Å². The minimum absolute atomic E-state index is 0.193. The van der Waals surface area contributed by atoms with Crippen LogP contribution in [0.15, 0.2) is 36.4 Å². The molecule has 0 unspecified atom stereocenters. The standard InChI is InChI=1S/C20H17F3N4O/c21-12-5-7-17(23)15(10-12)20(28)24-13-6-8-16(22)14(11-13)19-26-25-18-4-2-1-3-9-27(18)19/h5-8,10-11H,1-4,9H2,(H,24,28). The van der Waals surface area contributed by atoms with E-state index in [1.165, 1.54) is 18.2 Å². The maximum atomic E-state index is 14.5. The van der Waals surface area contributed by atoms with Gasteiger partial charge in [0.1, 0.15) is 23.3 Å². The van der Waals surface area contributed by atoms with Crippen LogP contribution in [0.4, 0.5) is 18.9 Å². The van der Waals surface area contributed by atoms with Gasteiger partial charge in [-0.1, -0.05) is 6.42 Å². The molecule has 1 aliphatic heterocycles. The summed E-state index contributed by atoms with van der Waals surface area (Å²) >= 11 is 0. The van der Waals surface area contributed by atoms with E-state index in [9.17, 15) is 18.0 Å². The third kappa shape index (κ3) is 3.49. The van der Waals surface area contributed by atoms with Gasteiger partial charge in [0.15, 0.2) is 5.82 Å². The lowest BCUT2D eigenvalue weighted by molar-refractivity contribution is 0.102. The summed E-state index contributed by atoms with van der Waals surface area (Å²) in [5.74, 6) is -1.70. The van der Waals surface area contributed by atoms with Crippen LogP contribution in [-0.4, -0.2) is 20.7 Å². The van der Waals surface area contributed by atoms with Crippen molar-refractivity contribution in [3.8, 4) is 11.4 Å². The lowest BCUT2D eigenvalue weighted by atomic mass is 10.1. The van der Waals surface area contributed by atoms with Gasteiger partial charge in [-0.15, -0.1) is 10.2 Å². The number of hydrogen-bond acceptors (Lipinski definition) is 3. The Bertz CT molecular complexity index is 1050. The zero-order chi connectivity index (χ0) is 19.7. The summed E-state index contributed by atoms with van der Waals surface area (Å²) in [5.41, 5.74) is 0.0106. The fourth-order valence-corrected chi connectivity index (χ4v) is 3.33. The summed E-state index contributed by atoms with van der Waals surface area (Å²) < 4.78 is 43.5. The summed E-state index contributed by atoms with van der Waals surface area (Å²) in [6.07, 6.45) is 3.81. The molecule has 1 aliphatic rings. The van der Waals surface area contributed by atoms with E-state index in [2.05, 4.69) is 15.5 Å². The number of amides is 1. The molecule has 4 rings (SSSR count). The topological polar surface area (TPSA) is 59.8 Å². The quantitative estimate of drug-likeness (QED) is 0.728. The second-order valence-electron chi connectivity index (χ2n) is 6.68. The summed E-state index contributed by atoms with van der Waals surface area (Å²) in [6, 6.07) is 6.60. The first-order valence-corrected chi connectivity index (χ1v) is 9.01. The SMILES string of the molecule is O=C(Nc1ccc(F)c(-c2nnc3n2CCCCC3)c1)c1cc(F)ccc1F. The molecule has 28 heavy (non-hydrogen) atoms. The number of fused-ring (bicyclic) bond motifs is 1. The van der Waals surface area contributed by atoms with Crippen molar-refractivity contribution in [3.63, 3.8) is 0 Å². The smallest absolute Gasteiger partial charge is 0.258 e. The van der Waals surface area contributed by atoms with Crippen LogP contribution in [0.2, 0.25) is 0 Å². The molecule has 0 saturated carbocycles. The normalized spacial score (nSPS) is 13.7. The third-order valence-corrected chi connectivity index (χ3v) is 4.75. The second-order valence-corrected chi connectivity index (χ2v) is 6.68. The molecule has 1 N–H and O–H groups in total. The van der Waals surface area contributed by atoms with Gasteiger partial charge in [0.25, 0.3) is 5.91 Å². The minimum Gasteiger partial charge on any atom is -0.322 e. The number of halogens is 3. The first-order valence-electron chi connectivity index (χ1n) is 9.01. The van der Waals surface area contributed by atoms with E-state index in [4.69, 9.17) is 0 Å². The van der Waals surface area contributed by atoms with Gasteiger partial charge in [-0.05, 0) is 49.2 Å². The van der Waals surface area contributed by atoms with E-state index >= 15 is 0 Å². The van der Waals surface area contributed by atoms with Gasteiger partial charge in [-0.2, -0.15) is 0 Å². The maximum Gasteiger partial charge on any atom is 0.258 e. The second kappa shape index (κ2) is 7.46. The Morgan fingerprint density at radius 3 is 2.64 bits per heavy atom. The number of aryl methyl sites for hydroxylation is 1. The molecule has 8 heteroatoms. The number of carbonyl (C=O) groups is 1. The Kier molecular flexibility index (Phi) is 4.85. The largest absolute Gasteiger partial charge is 0.322 e. The van der Waals surface area contributed by atoms with Crippen molar-refractivity contribution >= 4 is 11.6 Å². The van der Waals surface area contributed by atoms with Crippen LogP contribution >= 0.6 is 0 Å². The number of anilines is 1. The van der Waals surface area contributed by atoms with Crippen molar-refractivity contribution in [2.75, 3.05) is 5.32 Å². The Morgan fingerprint density at radius 2 is 1.79 bits per heavy atom. The molecule has 3 aromatic rings. The van der Waals surface area contributed by atoms with E-state index < -0.39 is 28.9 Å². The number of nitrogens with one attached hydrogen (secondary N) is 1. The molecular formula is C20H17F3N4O. The summed E-state index contributed by atoms with van der Waals surface area (Å²) in [4.78, 5) is 12.3. The Labute approximate surface area is 159 Å². The molecule has 1 amide bonds. The lowest BCUT2D eigenvalue weighted by Crippen LogP contribution is -2.14. The minimum atomic E-state index is -0.844. The highest BCUT2D eigenvalue weighted by Gasteiger charge is 2.20. The fourth-order valence-electron chi connectivity index (χ4n) is 3.33. The number of nitrogens with zero attached hydrogens (tertiary/aromatic N) is 3. The Hall–Kier alpha value is -3.16. The molecule has 0 spiro atoms. The Balaban J connectivity index is 1.66. The number of carbonyl (C=O) groups excluding carboxylic acids is 1. The number of aromatic nitrogens is 3. The van der Waals surface area contributed by atoms with Crippen molar-refractivity contribution in [1.82, 2.24) is 14.8 Å². The van der Waals surface area contributed by atoms with Crippen molar-refractivity contribution in [2.45, 2.75) is 32.2 Å². The first kappa shape index (κ1) is 18.2. The molecule has 144 valence electrons. The molecule has 0 saturated heterocycles. The molecule has 0 bridgehead atoms. The highest BCUT2D eigenvalue weighted by molar-refractivity contribution is 6.04.